The molecule has 0 amide bonds. The van der Waals surface area contributed by atoms with Crippen molar-refractivity contribution in [1.29, 1.82) is 0 Å². The van der Waals surface area contributed by atoms with Gasteiger partial charge in [0.2, 0.25) is 0 Å². The minimum Gasteiger partial charge on any atom is -0.376 e. The summed E-state index contributed by atoms with van der Waals surface area (Å²) in [5, 5.41) is 0. The van der Waals surface area contributed by atoms with Crippen molar-refractivity contribution in [2.75, 3.05) is 7.11 Å². The van der Waals surface area contributed by atoms with Gasteiger partial charge in [-0.15, -0.1) is 5.73 Å². The van der Waals surface area contributed by atoms with Crippen LogP contribution in [0, 0.1) is 0 Å². The van der Waals surface area contributed by atoms with Gasteiger partial charge < -0.3 is 4.74 Å². The predicted molar refractivity (Wildman–Crippen MR) is 39.8 cm³/mol. The molecule has 0 aliphatic rings. The molecule has 2 heteroatoms. The molecule has 0 fully saturated rings. The van der Waals surface area contributed by atoms with Crippen LogP contribution in [0.5, 0.6) is 0 Å². The lowest BCUT2D eigenvalue weighted by Crippen LogP contribution is -2.10. The molecule has 0 spiro atoms. The van der Waals surface area contributed by atoms with Gasteiger partial charge in [-0.05, 0) is 13.0 Å². The average molecular weight is 140 g/mol. The van der Waals surface area contributed by atoms with Crippen molar-refractivity contribution in [3.05, 3.63) is 18.4 Å². The molecule has 2 nitrogen and oxygen atoms in total. The van der Waals surface area contributed by atoms with Crippen molar-refractivity contribution in [1.82, 2.24) is 0 Å². The number of methoxy groups -OCH3 is 1. The molecule has 0 radical (unpaired) electrons. The second-order valence-electron chi connectivity index (χ2n) is 2.05. The van der Waals surface area contributed by atoms with Gasteiger partial charge in [0.15, 0.2) is 0 Å². The summed E-state index contributed by atoms with van der Waals surface area (Å²) in [6.45, 7) is 4.91. The SMILES string of the molecule is C=C=CC(CC(C)=O)OC. The zero-order chi connectivity index (χ0) is 7.98. The van der Waals surface area contributed by atoms with Gasteiger partial charge in [-0.2, -0.15) is 0 Å². The smallest absolute Gasteiger partial charge is 0.132 e. The quantitative estimate of drug-likeness (QED) is 0.550. The molecule has 10 heavy (non-hydrogen) atoms. The fraction of sp³-hybridized carbons (Fsp3) is 0.500. The van der Waals surface area contributed by atoms with Crippen molar-refractivity contribution in [3.63, 3.8) is 0 Å². The molecule has 0 N–H and O–H groups in total. The van der Waals surface area contributed by atoms with E-state index in [0.717, 1.165) is 0 Å². The highest BCUT2D eigenvalue weighted by molar-refractivity contribution is 5.76. The minimum atomic E-state index is -0.157. The highest BCUT2D eigenvalue weighted by atomic mass is 16.5. The van der Waals surface area contributed by atoms with Crippen LogP contribution in [-0.4, -0.2) is 19.0 Å². The zero-order valence-corrected chi connectivity index (χ0v) is 6.39. The number of hydrogen-bond acceptors (Lipinski definition) is 2. The lowest BCUT2D eigenvalue weighted by molar-refractivity contribution is -0.118. The highest BCUT2D eigenvalue weighted by Gasteiger charge is 2.04. The summed E-state index contributed by atoms with van der Waals surface area (Å²) in [5.41, 5.74) is 2.57. The first-order valence-electron chi connectivity index (χ1n) is 3.09. The van der Waals surface area contributed by atoms with Crippen molar-refractivity contribution < 1.29 is 9.53 Å². The molecule has 1 atom stereocenters. The van der Waals surface area contributed by atoms with Gasteiger partial charge in [0, 0.05) is 13.5 Å². The van der Waals surface area contributed by atoms with Crippen LogP contribution in [-0.2, 0) is 9.53 Å². The lowest BCUT2D eigenvalue weighted by atomic mass is 10.2. The van der Waals surface area contributed by atoms with Gasteiger partial charge in [0.05, 0.1) is 6.10 Å². The maximum absolute atomic E-state index is 10.5. The molecule has 0 bridgehead atoms. The minimum absolute atomic E-state index is 0.110. The Hall–Kier alpha value is -0.850. The summed E-state index contributed by atoms with van der Waals surface area (Å²) in [7, 11) is 1.56. The Labute approximate surface area is 61.2 Å². The van der Waals surface area contributed by atoms with Crippen LogP contribution in [0.1, 0.15) is 13.3 Å². The topological polar surface area (TPSA) is 26.3 Å². The number of rotatable bonds is 4. The van der Waals surface area contributed by atoms with Crippen molar-refractivity contribution >= 4 is 5.78 Å². The molecule has 1 unspecified atom stereocenters. The Kier molecular flexibility index (Phi) is 4.55. The first-order valence-corrected chi connectivity index (χ1v) is 3.09. The average Bonchev–Trinajstić information content (AvgIpc) is 1.86. The van der Waals surface area contributed by atoms with Crippen LogP contribution >= 0.6 is 0 Å². The molecule has 0 aliphatic carbocycles. The maximum atomic E-state index is 10.5. The molecule has 0 rings (SSSR count). The fourth-order valence-corrected chi connectivity index (χ4v) is 0.625. The number of carbonyl (C=O) groups is 1. The first kappa shape index (κ1) is 9.15. The fourth-order valence-electron chi connectivity index (χ4n) is 0.625. The van der Waals surface area contributed by atoms with Gasteiger partial charge in [-0.1, -0.05) is 6.58 Å². The summed E-state index contributed by atoms with van der Waals surface area (Å²) in [6.07, 6.45) is 1.88. The molecule has 0 aromatic heterocycles. The Morgan fingerprint density at radius 2 is 2.50 bits per heavy atom. The van der Waals surface area contributed by atoms with E-state index in [0.29, 0.717) is 6.42 Å². The van der Waals surface area contributed by atoms with Crippen LogP contribution in [0.4, 0.5) is 0 Å². The molecular formula is C8H12O2. The van der Waals surface area contributed by atoms with E-state index in [1.54, 1.807) is 13.2 Å². The van der Waals surface area contributed by atoms with Crippen molar-refractivity contribution in [2.45, 2.75) is 19.4 Å². The van der Waals surface area contributed by atoms with E-state index in [4.69, 9.17) is 4.74 Å². The Morgan fingerprint density at radius 3 is 2.80 bits per heavy atom. The molecule has 0 heterocycles. The highest BCUT2D eigenvalue weighted by Crippen LogP contribution is 1.98. The third-order valence-corrected chi connectivity index (χ3v) is 1.10. The van der Waals surface area contributed by atoms with Crippen LogP contribution in [0.2, 0.25) is 0 Å². The van der Waals surface area contributed by atoms with Gasteiger partial charge in [0.25, 0.3) is 0 Å². The Morgan fingerprint density at radius 1 is 1.90 bits per heavy atom. The van der Waals surface area contributed by atoms with Crippen LogP contribution in [0.3, 0.4) is 0 Å². The van der Waals surface area contributed by atoms with E-state index in [9.17, 15) is 4.79 Å². The van der Waals surface area contributed by atoms with E-state index in [-0.39, 0.29) is 11.9 Å². The number of ketones is 1. The van der Waals surface area contributed by atoms with Gasteiger partial charge in [-0.25, -0.2) is 0 Å². The predicted octanol–water partition coefficient (Wildman–Crippen LogP) is 1.32. The maximum Gasteiger partial charge on any atom is 0.132 e. The molecule has 0 saturated carbocycles. The number of Topliss-reactive ketones (excluding diaryl/α,β-unsaturated/α-hetero) is 1. The molecule has 0 aliphatic heterocycles. The van der Waals surface area contributed by atoms with Crippen molar-refractivity contribution in [3.8, 4) is 0 Å². The summed E-state index contributed by atoms with van der Waals surface area (Å²) in [6, 6.07) is 0. The summed E-state index contributed by atoms with van der Waals surface area (Å²) in [5.74, 6) is 0.110. The lowest BCUT2D eigenvalue weighted by Gasteiger charge is -2.05. The van der Waals surface area contributed by atoms with Gasteiger partial charge in [-0.3, -0.25) is 4.79 Å². The molecule has 0 saturated heterocycles. The summed E-state index contributed by atoms with van der Waals surface area (Å²) in [4.78, 5) is 10.5. The van der Waals surface area contributed by atoms with Crippen LogP contribution in [0.25, 0.3) is 0 Å². The largest absolute Gasteiger partial charge is 0.376 e. The van der Waals surface area contributed by atoms with Crippen LogP contribution in [0.15, 0.2) is 18.4 Å². The molecule has 0 aromatic rings. The van der Waals surface area contributed by atoms with Crippen LogP contribution < -0.4 is 0 Å². The second kappa shape index (κ2) is 4.98. The Bertz CT molecular complexity index is 155. The van der Waals surface area contributed by atoms with E-state index in [2.05, 4.69) is 12.3 Å². The van der Waals surface area contributed by atoms with Crippen molar-refractivity contribution in [2.24, 2.45) is 0 Å². The van der Waals surface area contributed by atoms with E-state index < -0.39 is 0 Å². The monoisotopic (exact) mass is 140 g/mol. The van der Waals surface area contributed by atoms with E-state index in [1.165, 1.54) is 6.92 Å². The van der Waals surface area contributed by atoms with Gasteiger partial charge in [0.1, 0.15) is 5.78 Å². The normalized spacial score (nSPS) is 11.8. The van der Waals surface area contributed by atoms with E-state index >= 15 is 0 Å². The summed E-state index contributed by atoms with van der Waals surface area (Å²) >= 11 is 0. The second-order valence-corrected chi connectivity index (χ2v) is 2.05. The Balaban J connectivity index is 3.82. The first-order chi connectivity index (χ1) is 4.70. The molecule has 0 aromatic carbocycles. The number of carbonyl (C=O) groups excluding carboxylic acids is 1. The standard InChI is InChI=1S/C8H12O2/c1-4-5-8(10-3)6-7(2)9/h5,8H,1,6H2,2-3H3. The number of ether oxygens (including phenoxy) is 1. The van der Waals surface area contributed by atoms with Gasteiger partial charge >= 0.3 is 0 Å². The summed E-state index contributed by atoms with van der Waals surface area (Å²) < 4.78 is 4.92. The molecular weight excluding hydrogens is 128 g/mol. The third-order valence-electron chi connectivity index (χ3n) is 1.10. The number of hydrogen-bond donors (Lipinski definition) is 0. The zero-order valence-electron chi connectivity index (χ0n) is 6.39. The van der Waals surface area contributed by atoms with E-state index in [1.807, 2.05) is 0 Å². The third kappa shape index (κ3) is 4.07. The molecule has 56 valence electrons.